The van der Waals surface area contributed by atoms with E-state index < -0.39 is 0 Å². The van der Waals surface area contributed by atoms with Gasteiger partial charge in [-0.15, -0.1) is 0 Å². The van der Waals surface area contributed by atoms with Gasteiger partial charge in [-0.1, -0.05) is 26.0 Å². The van der Waals surface area contributed by atoms with Crippen LogP contribution in [0.4, 0.5) is 4.39 Å². The molecule has 0 saturated carbocycles. The van der Waals surface area contributed by atoms with Gasteiger partial charge in [0.25, 0.3) is 0 Å². The minimum absolute atomic E-state index is 0.110. The summed E-state index contributed by atoms with van der Waals surface area (Å²) in [5.41, 5.74) is 1.92. The quantitative estimate of drug-likeness (QED) is 0.903. The van der Waals surface area contributed by atoms with Gasteiger partial charge in [0.15, 0.2) is 0 Å². The van der Waals surface area contributed by atoms with E-state index in [0.717, 1.165) is 43.8 Å². The summed E-state index contributed by atoms with van der Waals surface area (Å²) in [5.74, 6) is -0.110. The standard InChI is InChI=1S/C17H27FN2O/c1-13(2)19-10-15-5-6-17(18)16(9-15)12-20-7-4-8-21-14(3)11-20/h5-6,9,13-14,19H,4,7-8,10-12H2,1-3H3. The van der Waals surface area contributed by atoms with Crippen molar-refractivity contribution in [1.29, 1.82) is 0 Å². The van der Waals surface area contributed by atoms with E-state index in [9.17, 15) is 4.39 Å². The molecule has 1 unspecified atom stereocenters. The molecule has 0 aliphatic carbocycles. The van der Waals surface area contributed by atoms with E-state index in [1.807, 2.05) is 12.1 Å². The average molecular weight is 294 g/mol. The van der Waals surface area contributed by atoms with Crippen LogP contribution in [0.1, 0.15) is 38.3 Å². The van der Waals surface area contributed by atoms with Crippen molar-refractivity contribution in [3.63, 3.8) is 0 Å². The van der Waals surface area contributed by atoms with Crippen LogP contribution in [0.5, 0.6) is 0 Å². The van der Waals surface area contributed by atoms with Gasteiger partial charge in [0.2, 0.25) is 0 Å². The van der Waals surface area contributed by atoms with E-state index in [-0.39, 0.29) is 11.9 Å². The first-order valence-corrected chi connectivity index (χ1v) is 7.89. The van der Waals surface area contributed by atoms with Crippen molar-refractivity contribution < 1.29 is 9.13 Å². The highest BCUT2D eigenvalue weighted by Crippen LogP contribution is 2.16. The lowest BCUT2D eigenvalue weighted by Gasteiger charge is -2.22. The highest BCUT2D eigenvalue weighted by molar-refractivity contribution is 5.25. The van der Waals surface area contributed by atoms with Crippen LogP contribution < -0.4 is 5.32 Å². The van der Waals surface area contributed by atoms with Gasteiger partial charge >= 0.3 is 0 Å². The second-order valence-electron chi connectivity index (χ2n) is 6.23. The Morgan fingerprint density at radius 1 is 1.43 bits per heavy atom. The molecule has 1 aliphatic heterocycles. The minimum atomic E-state index is -0.110. The number of rotatable bonds is 5. The fourth-order valence-corrected chi connectivity index (χ4v) is 2.65. The van der Waals surface area contributed by atoms with Crippen LogP contribution in [0.2, 0.25) is 0 Å². The van der Waals surface area contributed by atoms with E-state index in [2.05, 4.69) is 31.0 Å². The summed E-state index contributed by atoms with van der Waals surface area (Å²) in [6.45, 7) is 10.4. The summed E-state index contributed by atoms with van der Waals surface area (Å²) in [5, 5.41) is 3.37. The molecule has 2 rings (SSSR count). The predicted molar refractivity (Wildman–Crippen MR) is 83.7 cm³/mol. The smallest absolute Gasteiger partial charge is 0.127 e. The number of benzene rings is 1. The van der Waals surface area contributed by atoms with Crippen LogP contribution in [0.15, 0.2) is 18.2 Å². The molecule has 0 amide bonds. The molecule has 1 aromatic carbocycles. The number of halogens is 1. The molecule has 1 aromatic rings. The summed E-state index contributed by atoms with van der Waals surface area (Å²) >= 11 is 0. The lowest BCUT2D eigenvalue weighted by molar-refractivity contribution is 0.0666. The molecule has 3 nitrogen and oxygen atoms in total. The summed E-state index contributed by atoms with van der Waals surface area (Å²) in [4.78, 5) is 2.29. The maximum Gasteiger partial charge on any atom is 0.127 e. The third-order valence-electron chi connectivity index (χ3n) is 3.75. The fraction of sp³-hybridized carbons (Fsp3) is 0.647. The van der Waals surface area contributed by atoms with E-state index >= 15 is 0 Å². The van der Waals surface area contributed by atoms with Crippen LogP contribution in [-0.4, -0.2) is 36.7 Å². The molecule has 0 bridgehead atoms. The Labute approximate surface area is 127 Å². The summed E-state index contributed by atoms with van der Waals surface area (Å²) < 4.78 is 19.7. The Morgan fingerprint density at radius 2 is 2.24 bits per heavy atom. The predicted octanol–water partition coefficient (Wildman–Crippen LogP) is 2.93. The zero-order valence-electron chi connectivity index (χ0n) is 13.4. The molecule has 1 saturated heterocycles. The molecule has 0 aromatic heterocycles. The van der Waals surface area contributed by atoms with E-state index in [1.165, 1.54) is 0 Å². The van der Waals surface area contributed by atoms with Crippen molar-refractivity contribution in [2.45, 2.75) is 52.4 Å². The first kappa shape index (κ1) is 16.4. The van der Waals surface area contributed by atoms with Crippen molar-refractivity contribution in [1.82, 2.24) is 10.2 Å². The van der Waals surface area contributed by atoms with Crippen molar-refractivity contribution in [2.75, 3.05) is 19.7 Å². The third-order valence-corrected chi connectivity index (χ3v) is 3.75. The largest absolute Gasteiger partial charge is 0.377 e. The van der Waals surface area contributed by atoms with Crippen LogP contribution in [0.25, 0.3) is 0 Å². The van der Waals surface area contributed by atoms with Gasteiger partial charge in [0.05, 0.1) is 6.10 Å². The number of nitrogens with one attached hydrogen (secondary N) is 1. The first-order chi connectivity index (χ1) is 10.0. The molecule has 1 N–H and O–H groups in total. The highest BCUT2D eigenvalue weighted by Gasteiger charge is 2.16. The van der Waals surface area contributed by atoms with Gasteiger partial charge in [-0.05, 0) is 25.0 Å². The van der Waals surface area contributed by atoms with E-state index in [1.54, 1.807) is 6.07 Å². The molecule has 1 atom stereocenters. The van der Waals surface area contributed by atoms with Crippen LogP contribution in [0, 0.1) is 5.82 Å². The maximum atomic E-state index is 14.0. The Kier molecular flexibility index (Phi) is 6.15. The van der Waals surface area contributed by atoms with Gasteiger partial charge in [0, 0.05) is 44.4 Å². The van der Waals surface area contributed by atoms with Crippen molar-refractivity contribution >= 4 is 0 Å². The topological polar surface area (TPSA) is 24.5 Å². The summed E-state index contributed by atoms with van der Waals surface area (Å²) in [7, 11) is 0. The van der Waals surface area contributed by atoms with Gasteiger partial charge in [-0.25, -0.2) is 4.39 Å². The monoisotopic (exact) mass is 294 g/mol. The Balaban J connectivity index is 2.02. The lowest BCUT2D eigenvalue weighted by Crippen LogP contribution is -2.30. The number of ether oxygens (including phenoxy) is 1. The second-order valence-corrected chi connectivity index (χ2v) is 6.23. The maximum absolute atomic E-state index is 14.0. The van der Waals surface area contributed by atoms with Crippen molar-refractivity contribution in [3.8, 4) is 0 Å². The van der Waals surface area contributed by atoms with E-state index in [0.29, 0.717) is 12.6 Å². The Bertz CT molecular complexity index is 450. The molecule has 0 spiro atoms. The SMILES string of the molecule is CC(C)NCc1ccc(F)c(CN2CCCOC(C)C2)c1. The molecule has 1 heterocycles. The lowest BCUT2D eigenvalue weighted by atomic mass is 10.1. The second kappa shape index (κ2) is 7.87. The molecule has 1 aliphatic rings. The van der Waals surface area contributed by atoms with Gasteiger partial charge in [0.1, 0.15) is 5.82 Å². The zero-order chi connectivity index (χ0) is 15.2. The van der Waals surface area contributed by atoms with Gasteiger partial charge < -0.3 is 10.1 Å². The zero-order valence-corrected chi connectivity index (χ0v) is 13.4. The first-order valence-electron chi connectivity index (χ1n) is 7.89. The Hall–Kier alpha value is -0.970. The summed E-state index contributed by atoms with van der Waals surface area (Å²) in [6, 6.07) is 5.87. The van der Waals surface area contributed by atoms with Crippen LogP contribution in [0.3, 0.4) is 0 Å². The molecule has 118 valence electrons. The summed E-state index contributed by atoms with van der Waals surface area (Å²) in [6.07, 6.45) is 1.24. The Morgan fingerprint density at radius 3 is 3.00 bits per heavy atom. The molecule has 4 heteroatoms. The van der Waals surface area contributed by atoms with Crippen molar-refractivity contribution in [2.24, 2.45) is 0 Å². The average Bonchev–Trinajstić information content (AvgIpc) is 2.64. The van der Waals surface area contributed by atoms with Crippen LogP contribution in [-0.2, 0) is 17.8 Å². The minimum Gasteiger partial charge on any atom is -0.377 e. The molecular weight excluding hydrogens is 267 g/mol. The number of nitrogens with zero attached hydrogens (tertiary/aromatic N) is 1. The van der Waals surface area contributed by atoms with Gasteiger partial charge in [-0.3, -0.25) is 4.90 Å². The van der Waals surface area contributed by atoms with Crippen LogP contribution >= 0.6 is 0 Å². The number of hydrogen-bond donors (Lipinski definition) is 1. The molecular formula is C17H27FN2O. The van der Waals surface area contributed by atoms with E-state index in [4.69, 9.17) is 4.74 Å². The number of hydrogen-bond acceptors (Lipinski definition) is 3. The molecule has 1 fully saturated rings. The van der Waals surface area contributed by atoms with Gasteiger partial charge in [-0.2, -0.15) is 0 Å². The fourth-order valence-electron chi connectivity index (χ4n) is 2.65. The molecule has 0 radical (unpaired) electrons. The van der Waals surface area contributed by atoms with Crippen molar-refractivity contribution in [3.05, 3.63) is 35.1 Å². The highest BCUT2D eigenvalue weighted by atomic mass is 19.1. The molecule has 21 heavy (non-hydrogen) atoms. The third kappa shape index (κ3) is 5.38. The normalized spacial score (nSPS) is 20.7.